The number of aliphatic hydroxyl groups excluding tert-OH is 2. The van der Waals surface area contributed by atoms with E-state index in [2.05, 4.69) is 75.4 Å². The normalized spacial score (nSPS) is 15.4. The highest BCUT2D eigenvalue weighted by Crippen LogP contribution is 2.24. The summed E-state index contributed by atoms with van der Waals surface area (Å²) < 4.78 is 0. The lowest BCUT2D eigenvalue weighted by atomic mass is 9.93. The van der Waals surface area contributed by atoms with E-state index in [-0.39, 0.29) is 18.6 Å². The molecule has 0 saturated carbocycles. The standard InChI is InChI=1S/C29H49N3O3/c1-8-11-27(19-31-35-7)28(21-33)30-17-10-12-26(29(34)32(6)20-22(3)4)18-24(9-2)25-15-13-23(5)14-16-25/h9,13-16,18-19,22,26,28-31,33-34H,2,8,10-12,17,20-21H2,1,3-7H3/b24-18+,27-19+/t26?,28-,29?/m1/s1. The van der Waals surface area contributed by atoms with E-state index in [1.807, 2.05) is 24.2 Å². The quantitative estimate of drug-likeness (QED) is 0.104. The van der Waals surface area contributed by atoms with Crippen LogP contribution in [0.15, 0.2) is 54.8 Å². The number of aryl methyl sites for hydroxylation is 1. The van der Waals surface area contributed by atoms with Crippen molar-refractivity contribution in [3.63, 3.8) is 0 Å². The molecule has 6 heteroatoms. The molecule has 0 fully saturated rings. The molecule has 2 unspecified atom stereocenters. The third-order valence-electron chi connectivity index (χ3n) is 6.12. The zero-order chi connectivity index (χ0) is 26.2. The summed E-state index contributed by atoms with van der Waals surface area (Å²) in [5, 5.41) is 24.6. The first kappa shape index (κ1) is 31.1. The number of hydroxylamine groups is 1. The van der Waals surface area contributed by atoms with Crippen LogP contribution in [-0.4, -0.2) is 61.2 Å². The predicted molar refractivity (Wildman–Crippen MR) is 148 cm³/mol. The smallest absolute Gasteiger partial charge is 0.113 e. The molecular weight excluding hydrogens is 438 g/mol. The van der Waals surface area contributed by atoms with E-state index in [0.29, 0.717) is 5.92 Å². The van der Waals surface area contributed by atoms with Crippen LogP contribution in [0, 0.1) is 18.8 Å². The van der Waals surface area contributed by atoms with E-state index < -0.39 is 6.23 Å². The van der Waals surface area contributed by atoms with Gasteiger partial charge in [0.1, 0.15) is 6.23 Å². The van der Waals surface area contributed by atoms with Crippen molar-refractivity contribution >= 4 is 5.57 Å². The van der Waals surface area contributed by atoms with E-state index in [9.17, 15) is 10.2 Å². The molecule has 35 heavy (non-hydrogen) atoms. The fourth-order valence-electron chi connectivity index (χ4n) is 4.29. The zero-order valence-electron chi connectivity index (χ0n) is 22.8. The minimum absolute atomic E-state index is 0.0222. The van der Waals surface area contributed by atoms with Crippen molar-refractivity contribution in [2.75, 3.05) is 33.9 Å². The summed E-state index contributed by atoms with van der Waals surface area (Å²) in [6.45, 7) is 14.1. The molecule has 0 aliphatic heterocycles. The Morgan fingerprint density at radius 1 is 1.23 bits per heavy atom. The van der Waals surface area contributed by atoms with Crippen LogP contribution in [0.5, 0.6) is 0 Å². The highest BCUT2D eigenvalue weighted by molar-refractivity contribution is 5.73. The van der Waals surface area contributed by atoms with Crippen LogP contribution in [0.4, 0.5) is 0 Å². The second-order valence-electron chi connectivity index (χ2n) is 9.73. The van der Waals surface area contributed by atoms with E-state index >= 15 is 0 Å². The Kier molecular flexibility index (Phi) is 15.5. The van der Waals surface area contributed by atoms with E-state index in [1.165, 1.54) is 5.56 Å². The maximum Gasteiger partial charge on any atom is 0.113 e. The Hall–Kier alpha value is -1.96. The molecule has 0 spiro atoms. The summed E-state index contributed by atoms with van der Waals surface area (Å²) in [7, 11) is 3.56. The summed E-state index contributed by atoms with van der Waals surface area (Å²) in [5.41, 5.74) is 7.21. The van der Waals surface area contributed by atoms with Crippen LogP contribution in [0.3, 0.4) is 0 Å². The number of hydrogen-bond donors (Lipinski definition) is 4. The van der Waals surface area contributed by atoms with Gasteiger partial charge in [0.25, 0.3) is 0 Å². The molecule has 198 valence electrons. The molecule has 0 amide bonds. The molecule has 3 atom stereocenters. The van der Waals surface area contributed by atoms with Gasteiger partial charge in [0.05, 0.1) is 19.8 Å². The van der Waals surface area contributed by atoms with Gasteiger partial charge < -0.3 is 15.5 Å². The van der Waals surface area contributed by atoms with E-state index in [4.69, 9.17) is 4.84 Å². The number of hydrogen-bond acceptors (Lipinski definition) is 6. The van der Waals surface area contributed by atoms with E-state index in [0.717, 1.165) is 55.5 Å². The van der Waals surface area contributed by atoms with Crippen LogP contribution in [0.1, 0.15) is 57.6 Å². The lowest BCUT2D eigenvalue weighted by Gasteiger charge is -2.31. The SMILES string of the molecule is C=C/C(=C\C(CCCN[C@H](CO)/C(=C/NOC)CCC)C(O)N(C)CC(C)C)c1ccc(C)cc1. The zero-order valence-corrected chi connectivity index (χ0v) is 22.8. The lowest BCUT2D eigenvalue weighted by Crippen LogP contribution is -2.40. The second kappa shape index (κ2) is 17.5. The van der Waals surface area contributed by atoms with Crippen molar-refractivity contribution in [1.29, 1.82) is 0 Å². The fourth-order valence-corrected chi connectivity index (χ4v) is 4.29. The first-order valence-corrected chi connectivity index (χ1v) is 12.9. The molecule has 0 saturated heterocycles. The predicted octanol–water partition coefficient (Wildman–Crippen LogP) is 4.65. The Labute approximate surface area is 213 Å². The summed E-state index contributed by atoms with van der Waals surface area (Å²) in [6.07, 6.45) is 8.79. The average Bonchev–Trinajstić information content (AvgIpc) is 2.83. The van der Waals surface area contributed by atoms with Crippen molar-refractivity contribution in [3.05, 3.63) is 65.9 Å². The number of rotatable bonds is 18. The highest BCUT2D eigenvalue weighted by atomic mass is 16.6. The number of nitrogens with one attached hydrogen (secondary N) is 2. The number of benzene rings is 1. The van der Waals surface area contributed by atoms with Gasteiger partial charge in [-0.05, 0) is 62.4 Å². The monoisotopic (exact) mass is 487 g/mol. The third-order valence-corrected chi connectivity index (χ3v) is 6.12. The molecular formula is C29H49N3O3. The fraction of sp³-hybridized carbons (Fsp3) is 0.586. The second-order valence-corrected chi connectivity index (χ2v) is 9.73. The molecule has 1 rings (SSSR count). The summed E-state index contributed by atoms with van der Waals surface area (Å²) >= 11 is 0. The molecule has 4 N–H and O–H groups in total. The number of allylic oxidation sites excluding steroid dienone is 2. The molecule has 0 aliphatic carbocycles. The van der Waals surface area contributed by atoms with Gasteiger partial charge in [-0.1, -0.05) is 75.8 Å². The molecule has 6 nitrogen and oxygen atoms in total. The van der Waals surface area contributed by atoms with Gasteiger partial charge >= 0.3 is 0 Å². The third kappa shape index (κ3) is 11.5. The van der Waals surface area contributed by atoms with Gasteiger partial charge in [-0.15, -0.1) is 0 Å². The minimum Gasteiger partial charge on any atom is -0.394 e. The van der Waals surface area contributed by atoms with Crippen LogP contribution < -0.4 is 10.8 Å². The Balaban J connectivity index is 2.97. The average molecular weight is 488 g/mol. The summed E-state index contributed by atoms with van der Waals surface area (Å²) in [4.78, 5) is 6.99. The minimum atomic E-state index is -0.590. The Morgan fingerprint density at radius 2 is 1.91 bits per heavy atom. The van der Waals surface area contributed by atoms with Crippen molar-refractivity contribution < 1.29 is 15.1 Å². The van der Waals surface area contributed by atoms with Crippen molar-refractivity contribution in [3.8, 4) is 0 Å². The van der Waals surface area contributed by atoms with E-state index in [1.54, 1.807) is 7.11 Å². The van der Waals surface area contributed by atoms with Gasteiger partial charge in [-0.25, -0.2) is 0 Å². The van der Waals surface area contributed by atoms with Crippen LogP contribution in [-0.2, 0) is 4.84 Å². The first-order chi connectivity index (χ1) is 16.8. The lowest BCUT2D eigenvalue weighted by molar-refractivity contribution is -0.0184. The Bertz CT molecular complexity index is 774. The highest BCUT2D eigenvalue weighted by Gasteiger charge is 2.22. The maximum atomic E-state index is 11.2. The van der Waals surface area contributed by atoms with Crippen LogP contribution in [0.2, 0.25) is 0 Å². The number of aliphatic hydroxyl groups is 2. The van der Waals surface area contributed by atoms with Crippen LogP contribution in [0.25, 0.3) is 5.57 Å². The molecule has 0 bridgehead atoms. The maximum absolute atomic E-state index is 11.2. The first-order valence-electron chi connectivity index (χ1n) is 12.9. The van der Waals surface area contributed by atoms with Crippen molar-refractivity contribution in [2.45, 2.75) is 65.6 Å². The van der Waals surface area contributed by atoms with Gasteiger partial charge in [0.2, 0.25) is 0 Å². The molecule has 0 aliphatic rings. The summed E-state index contributed by atoms with van der Waals surface area (Å²) in [6, 6.07) is 8.28. The molecule has 1 aromatic carbocycles. The molecule has 1 aromatic rings. The topological polar surface area (TPSA) is 77.0 Å². The van der Waals surface area contributed by atoms with Crippen LogP contribution >= 0.6 is 0 Å². The molecule has 0 heterocycles. The van der Waals surface area contributed by atoms with Gasteiger partial charge in [0, 0.05) is 18.7 Å². The van der Waals surface area contributed by atoms with Crippen molar-refractivity contribution in [1.82, 2.24) is 15.7 Å². The Morgan fingerprint density at radius 3 is 2.46 bits per heavy atom. The number of nitrogens with zero attached hydrogens (tertiary/aromatic N) is 1. The molecule has 0 radical (unpaired) electrons. The van der Waals surface area contributed by atoms with Gasteiger partial charge in [-0.3, -0.25) is 15.2 Å². The van der Waals surface area contributed by atoms with Crippen molar-refractivity contribution in [2.24, 2.45) is 11.8 Å². The summed E-state index contributed by atoms with van der Waals surface area (Å²) in [5.74, 6) is 0.412. The molecule has 0 aromatic heterocycles. The largest absolute Gasteiger partial charge is 0.394 e. The van der Waals surface area contributed by atoms with Gasteiger partial charge in [-0.2, -0.15) is 0 Å². The van der Waals surface area contributed by atoms with Gasteiger partial charge in [0.15, 0.2) is 0 Å².